The van der Waals surface area contributed by atoms with E-state index in [0.29, 0.717) is 11.7 Å². The van der Waals surface area contributed by atoms with Gasteiger partial charge in [0.25, 0.3) is 0 Å². The van der Waals surface area contributed by atoms with E-state index in [1.54, 1.807) is 12.1 Å². The van der Waals surface area contributed by atoms with Gasteiger partial charge in [0.1, 0.15) is 5.82 Å². The van der Waals surface area contributed by atoms with Gasteiger partial charge in [-0.25, -0.2) is 0 Å². The van der Waals surface area contributed by atoms with E-state index in [1.807, 2.05) is 20.8 Å². The number of nitrogens with one attached hydrogen (secondary N) is 1. The van der Waals surface area contributed by atoms with Gasteiger partial charge < -0.3 is 15.8 Å². The van der Waals surface area contributed by atoms with Crippen molar-refractivity contribution in [3.05, 3.63) is 17.7 Å². The van der Waals surface area contributed by atoms with Crippen LogP contribution in [0.15, 0.2) is 12.1 Å². The highest BCUT2D eigenvalue weighted by molar-refractivity contribution is 5.91. The van der Waals surface area contributed by atoms with E-state index in [-0.39, 0.29) is 17.9 Å². The van der Waals surface area contributed by atoms with E-state index in [0.717, 1.165) is 5.56 Å². The molecule has 5 heteroatoms. The van der Waals surface area contributed by atoms with Crippen molar-refractivity contribution in [3.8, 4) is 5.88 Å². The van der Waals surface area contributed by atoms with Crippen LogP contribution < -0.4 is 15.8 Å². The molecule has 0 saturated carbocycles. The third-order valence-corrected chi connectivity index (χ3v) is 2.33. The number of carbonyl (C=O) groups excluding carboxylic acids is 1. The van der Waals surface area contributed by atoms with Crippen molar-refractivity contribution in [2.75, 3.05) is 12.4 Å². The first-order valence-corrected chi connectivity index (χ1v) is 5.56. The minimum Gasteiger partial charge on any atom is -0.481 e. The number of carbonyl (C=O) groups is 1. The molecule has 0 radical (unpaired) electrons. The van der Waals surface area contributed by atoms with Crippen LogP contribution in [0, 0.1) is 5.92 Å². The fraction of sp³-hybridized carbons (Fsp3) is 0.500. The van der Waals surface area contributed by atoms with Gasteiger partial charge in [-0.2, -0.15) is 4.98 Å². The number of aromatic nitrogens is 1. The molecule has 0 spiro atoms. The number of amides is 1. The van der Waals surface area contributed by atoms with Gasteiger partial charge in [-0.05, 0) is 18.6 Å². The Hall–Kier alpha value is -1.62. The van der Waals surface area contributed by atoms with Crippen molar-refractivity contribution in [2.45, 2.75) is 26.8 Å². The quantitative estimate of drug-likeness (QED) is 0.835. The summed E-state index contributed by atoms with van der Waals surface area (Å²) in [6, 6.07) is 3.38. The number of methoxy groups -OCH3 is 1. The Morgan fingerprint density at radius 1 is 1.41 bits per heavy atom. The smallest absolute Gasteiger partial charge is 0.228 e. The second-order valence-electron chi connectivity index (χ2n) is 4.26. The van der Waals surface area contributed by atoms with Gasteiger partial charge in [0.15, 0.2) is 0 Å². The second-order valence-corrected chi connectivity index (χ2v) is 4.26. The van der Waals surface area contributed by atoms with Gasteiger partial charge in [0.2, 0.25) is 11.8 Å². The maximum absolute atomic E-state index is 11.6. The molecule has 3 N–H and O–H groups in total. The summed E-state index contributed by atoms with van der Waals surface area (Å²) in [4.78, 5) is 15.7. The molecule has 0 aromatic carbocycles. The molecule has 94 valence electrons. The van der Waals surface area contributed by atoms with Crippen LogP contribution >= 0.6 is 0 Å². The molecule has 1 rings (SSSR count). The van der Waals surface area contributed by atoms with Crippen LogP contribution in [0.2, 0.25) is 0 Å². The van der Waals surface area contributed by atoms with Crippen LogP contribution in [0.1, 0.15) is 32.4 Å². The minimum atomic E-state index is -0.137. The lowest BCUT2D eigenvalue weighted by Gasteiger charge is -2.12. The Bertz CT molecular complexity index is 403. The van der Waals surface area contributed by atoms with Crippen molar-refractivity contribution in [3.63, 3.8) is 0 Å². The third kappa shape index (κ3) is 3.71. The van der Waals surface area contributed by atoms with Crippen LogP contribution in [0.3, 0.4) is 0 Å². The van der Waals surface area contributed by atoms with Crippen LogP contribution in [0.4, 0.5) is 5.82 Å². The predicted molar refractivity (Wildman–Crippen MR) is 66.9 cm³/mol. The Morgan fingerprint density at radius 2 is 2.06 bits per heavy atom. The number of pyridine rings is 1. The van der Waals surface area contributed by atoms with E-state index in [4.69, 9.17) is 10.5 Å². The number of nitrogens with two attached hydrogens (primary N) is 1. The molecule has 0 bridgehead atoms. The van der Waals surface area contributed by atoms with Gasteiger partial charge in [0.05, 0.1) is 7.11 Å². The molecule has 1 unspecified atom stereocenters. The monoisotopic (exact) mass is 237 g/mol. The zero-order valence-corrected chi connectivity index (χ0v) is 10.7. The number of anilines is 1. The SMILES string of the molecule is COc1cc(C(C)N)cc(NC(=O)C(C)C)n1. The lowest BCUT2D eigenvalue weighted by molar-refractivity contribution is -0.118. The molecule has 1 atom stereocenters. The zero-order valence-electron chi connectivity index (χ0n) is 10.7. The van der Waals surface area contributed by atoms with Crippen molar-refractivity contribution in [2.24, 2.45) is 11.7 Å². The highest BCUT2D eigenvalue weighted by atomic mass is 16.5. The molecule has 0 aliphatic carbocycles. The van der Waals surface area contributed by atoms with Crippen LogP contribution in [-0.2, 0) is 4.79 Å². The second kappa shape index (κ2) is 5.63. The Labute approximate surface area is 101 Å². The predicted octanol–water partition coefficient (Wildman–Crippen LogP) is 1.70. The first kappa shape index (κ1) is 13.4. The first-order chi connectivity index (χ1) is 7.93. The summed E-state index contributed by atoms with van der Waals surface area (Å²) < 4.78 is 5.07. The van der Waals surface area contributed by atoms with Gasteiger partial charge >= 0.3 is 0 Å². The summed E-state index contributed by atoms with van der Waals surface area (Å²) in [5.74, 6) is 0.734. The van der Waals surface area contributed by atoms with Crippen LogP contribution in [0.25, 0.3) is 0 Å². The first-order valence-electron chi connectivity index (χ1n) is 5.56. The van der Waals surface area contributed by atoms with Gasteiger partial charge in [-0.15, -0.1) is 0 Å². The topological polar surface area (TPSA) is 77.2 Å². The lowest BCUT2D eigenvalue weighted by Crippen LogP contribution is -2.19. The fourth-order valence-electron chi connectivity index (χ4n) is 1.23. The number of rotatable bonds is 4. The molecule has 1 aromatic heterocycles. The molecule has 0 saturated heterocycles. The molecular weight excluding hydrogens is 218 g/mol. The standard InChI is InChI=1S/C12H19N3O2/c1-7(2)12(16)15-10-5-9(8(3)13)6-11(14-10)17-4/h5-8H,13H2,1-4H3,(H,14,15,16). The van der Waals surface area contributed by atoms with Crippen molar-refractivity contribution >= 4 is 11.7 Å². The van der Waals surface area contributed by atoms with E-state index < -0.39 is 0 Å². The summed E-state index contributed by atoms with van der Waals surface area (Å²) in [7, 11) is 1.53. The minimum absolute atomic E-state index is 0.0821. The fourth-order valence-corrected chi connectivity index (χ4v) is 1.23. The molecule has 5 nitrogen and oxygen atoms in total. The summed E-state index contributed by atoms with van der Waals surface area (Å²) in [6.45, 7) is 5.51. The zero-order chi connectivity index (χ0) is 13.0. The molecule has 1 aromatic rings. The van der Waals surface area contributed by atoms with Crippen molar-refractivity contribution in [1.82, 2.24) is 4.98 Å². The van der Waals surface area contributed by atoms with Gasteiger partial charge in [-0.3, -0.25) is 4.79 Å². The normalized spacial score (nSPS) is 12.4. The third-order valence-electron chi connectivity index (χ3n) is 2.33. The lowest BCUT2D eigenvalue weighted by atomic mass is 10.1. The molecule has 1 amide bonds. The van der Waals surface area contributed by atoms with E-state index in [9.17, 15) is 4.79 Å². The summed E-state index contributed by atoms with van der Waals surface area (Å²) >= 11 is 0. The Morgan fingerprint density at radius 3 is 2.53 bits per heavy atom. The Balaban J connectivity index is 2.99. The number of ether oxygens (including phenoxy) is 1. The molecule has 17 heavy (non-hydrogen) atoms. The van der Waals surface area contributed by atoms with Crippen molar-refractivity contribution in [1.29, 1.82) is 0 Å². The summed E-state index contributed by atoms with van der Waals surface area (Å²) in [5, 5.41) is 2.73. The Kier molecular flexibility index (Phi) is 4.45. The maximum Gasteiger partial charge on any atom is 0.228 e. The average molecular weight is 237 g/mol. The average Bonchev–Trinajstić information content (AvgIpc) is 2.28. The highest BCUT2D eigenvalue weighted by Crippen LogP contribution is 2.20. The summed E-state index contributed by atoms with van der Waals surface area (Å²) in [6.07, 6.45) is 0. The van der Waals surface area contributed by atoms with E-state index in [2.05, 4.69) is 10.3 Å². The largest absolute Gasteiger partial charge is 0.481 e. The van der Waals surface area contributed by atoms with Gasteiger partial charge in [-0.1, -0.05) is 13.8 Å². The molecule has 0 fully saturated rings. The van der Waals surface area contributed by atoms with Crippen molar-refractivity contribution < 1.29 is 9.53 Å². The van der Waals surface area contributed by atoms with E-state index >= 15 is 0 Å². The van der Waals surface area contributed by atoms with Crippen LogP contribution in [0.5, 0.6) is 5.88 Å². The molecule has 0 aliphatic rings. The molecule has 0 aliphatic heterocycles. The molecule has 1 heterocycles. The number of hydrogen-bond acceptors (Lipinski definition) is 4. The van der Waals surface area contributed by atoms with E-state index in [1.165, 1.54) is 7.11 Å². The molecular formula is C12H19N3O2. The highest BCUT2D eigenvalue weighted by Gasteiger charge is 2.11. The number of nitrogens with zero attached hydrogens (tertiary/aromatic N) is 1. The maximum atomic E-state index is 11.6. The number of hydrogen-bond donors (Lipinski definition) is 2. The summed E-state index contributed by atoms with van der Waals surface area (Å²) in [5.41, 5.74) is 6.67. The van der Waals surface area contributed by atoms with Gasteiger partial charge in [0, 0.05) is 18.0 Å². The van der Waals surface area contributed by atoms with Crippen LogP contribution in [-0.4, -0.2) is 18.0 Å².